The number of carbonyl (C=O) groups is 1. The number of amides is 1. The van der Waals surface area contributed by atoms with Crippen LogP contribution < -0.4 is 9.64 Å². The summed E-state index contributed by atoms with van der Waals surface area (Å²) in [6.45, 7) is 3.73. The molecule has 0 aliphatic carbocycles. The van der Waals surface area contributed by atoms with Crippen molar-refractivity contribution in [2.45, 2.75) is 0 Å². The molecule has 7 nitrogen and oxygen atoms in total. The van der Waals surface area contributed by atoms with Crippen LogP contribution in [0.1, 0.15) is 10.4 Å². The molecule has 1 aliphatic rings. The summed E-state index contributed by atoms with van der Waals surface area (Å²) in [4.78, 5) is 21.2. The maximum absolute atomic E-state index is 12.9. The molecule has 0 unspecified atom stereocenters. The van der Waals surface area contributed by atoms with E-state index in [-0.39, 0.29) is 5.91 Å². The van der Waals surface area contributed by atoms with Crippen LogP contribution in [0.5, 0.6) is 5.88 Å². The van der Waals surface area contributed by atoms with Crippen LogP contribution >= 0.6 is 11.5 Å². The van der Waals surface area contributed by atoms with Gasteiger partial charge >= 0.3 is 0 Å². The number of nitrogens with zero attached hydrogens (tertiary/aromatic N) is 4. The second-order valence-corrected chi connectivity index (χ2v) is 7.31. The molecule has 3 heterocycles. The number of hydrogen-bond donors (Lipinski definition) is 0. The summed E-state index contributed by atoms with van der Waals surface area (Å²) in [6.07, 6.45) is 1.60. The Morgan fingerprint density at radius 2 is 1.96 bits per heavy atom. The summed E-state index contributed by atoms with van der Waals surface area (Å²) < 4.78 is 16.3. The zero-order valence-corrected chi connectivity index (χ0v) is 16.5. The summed E-state index contributed by atoms with van der Waals surface area (Å²) in [6, 6.07) is 11.7. The van der Waals surface area contributed by atoms with Gasteiger partial charge in [-0.05, 0) is 29.7 Å². The number of rotatable bonds is 6. The molecule has 1 fully saturated rings. The number of methoxy groups -OCH3 is 1. The zero-order valence-electron chi connectivity index (χ0n) is 15.7. The molecular formula is C20H22N4O3S. The quantitative estimate of drug-likeness (QED) is 0.595. The van der Waals surface area contributed by atoms with Crippen molar-refractivity contribution >= 4 is 33.3 Å². The average Bonchev–Trinajstić information content (AvgIpc) is 3.18. The smallest absolute Gasteiger partial charge is 0.254 e. The molecule has 8 heteroatoms. The standard InChI is InChI=1S/C20H22N4O3S/c1-26-12-13-27-18-14-15(6-7-21-18)20(25)24-10-8-23(9-11-24)19-16-4-2-3-5-17(16)28-22-19/h2-7,14H,8-13H2,1H3. The van der Waals surface area contributed by atoms with E-state index >= 15 is 0 Å². The van der Waals surface area contributed by atoms with Crippen molar-refractivity contribution in [1.29, 1.82) is 0 Å². The third-order valence-electron chi connectivity index (χ3n) is 4.74. The van der Waals surface area contributed by atoms with Crippen LogP contribution in [0.3, 0.4) is 0 Å². The van der Waals surface area contributed by atoms with Gasteiger partial charge in [-0.3, -0.25) is 4.79 Å². The predicted octanol–water partition coefficient (Wildman–Crippen LogP) is 2.68. The lowest BCUT2D eigenvalue weighted by atomic mass is 10.2. The number of hydrogen-bond acceptors (Lipinski definition) is 7. The third kappa shape index (κ3) is 3.93. The number of piperazine rings is 1. The van der Waals surface area contributed by atoms with Crippen LogP contribution in [0, 0.1) is 0 Å². The first-order valence-corrected chi connectivity index (χ1v) is 10.00. The van der Waals surface area contributed by atoms with Gasteiger partial charge in [-0.1, -0.05) is 12.1 Å². The number of carbonyl (C=O) groups excluding carboxylic acids is 1. The van der Waals surface area contributed by atoms with Crippen LogP contribution in [-0.4, -0.2) is 66.7 Å². The number of ether oxygens (including phenoxy) is 2. The van der Waals surface area contributed by atoms with Crippen molar-refractivity contribution in [1.82, 2.24) is 14.3 Å². The molecule has 0 N–H and O–H groups in total. The molecule has 1 aromatic carbocycles. The highest BCUT2D eigenvalue weighted by Crippen LogP contribution is 2.30. The fraction of sp³-hybridized carbons (Fsp3) is 0.350. The van der Waals surface area contributed by atoms with E-state index < -0.39 is 0 Å². The van der Waals surface area contributed by atoms with Crippen LogP contribution in [-0.2, 0) is 4.74 Å². The van der Waals surface area contributed by atoms with Crippen molar-refractivity contribution in [3.05, 3.63) is 48.2 Å². The highest BCUT2D eigenvalue weighted by molar-refractivity contribution is 7.13. The maximum Gasteiger partial charge on any atom is 0.254 e. The fourth-order valence-electron chi connectivity index (χ4n) is 3.26. The lowest BCUT2D eigenvalue weighted by Crippen LogP contribution is -2.49. The molecular weight excluding hydrogens is 376 g/mol. The molecule has 0 atom stereocenters. The van der Waals surface area contributed by atoms with Gasteiger partial charge in [-0.15, -0.1) is 0 Å². The van der Waals surface area contributed by atoms with Crippen molar-refractivity contribution < 1.29 is 14.3 Å². The molecule has 0 radical (unpaired) electrons. The summed E-state index contributed by atoms with van der Waals surface area (Å²) in [5.41, 5.74) is 0.593. The lowest BCUT2D eigenvalue weighted by molar-refractivity contribution is 0.0745. The van der Waals surface area contributed by atoms with E-state index in [9.17, 15) is 4.79 Å². The van der Waals surface area contributed by atoms with Gasteiger partial charge in [-0.2, -0.15) is 4.37 Å². The number of pyridine rings is 1. The highest BCUT2D eigenvalue weighted by atomic mass is 32.1. The minimum Gasteiger partial charge on any atom is -0.475 e. The van der Waals surface area contributed by atoms with Gasteiger partial charge in [0, 0.05) is 56.5 Å². The van der Waals surface area contributed by atoms with Gasteiger partial charge in [0.15, 0.2) is 0 Å². The Bertz CT molecular complexity index is 953. The van der Waals surface area contributed by atoms with Crippen LogP contribution in [0.2, 0.25) is 0 Å². The molecule has 3 aromatic rings. The number of aromatic nitrogens is 2. The van der Waals surface area contributed by atoms with Crippen molar-refractivity contribution in [2.75, 3.05) is 51.4 Å². The number of fused-ring (bicyclic) bond motifs is 1. The number of benzene rings is 1. The maximum atomic E-state index is 12.9. The molecule has 2 aromatic heterocycles. The van der Waals surface area contributed by atoms with Crippen LogP contribution in [0.25, 0.3) is 10.1 Å². The Kier molecular flexibility index (Phi) is 5.68. The minimum absolute atomic E-state index is 0.00165. The molecule has 1 amide bonds. The zero-order chi connectivity index (χ0) is 19.3. The largest absolute Gasteiger partial charge is 0.475 e. The summed E-state index contributed by atoms with van der Waals surface area (Å²) in [7, 11) is 1.62. The Labute approximate surface area is 167 Å². The van der Waals surface area contributed by atoms with Gasteiger partial charge in [-0.25, -0.2) is 4.98 Å². The minimum atomic E-state index is 0.00165. The highest BCUT2D eigenvalue weighted by Gasteiger charge is 2.24. The Hall–Kier alpha value is -2.71. The van der Waals surface area contributed by atoms with Crippen molar-refractivity contribution in [3.63, 3.8) is 0 Å². The third-order valence-corrected chi connectivity index (χ3v) is 5.56. The van der Waals surface area contributed by atoms with Crippen molar-refractivity contribution in [2.24, 2.45) is 0 Å². The Morgan fingerprint density at radius 1 is 1.14 bits per heavy atom. The second-order valence-electron chi connectivity index (χ2n) is 6.51. The van der Waals surface area contributed by atoms with Crippen molar-refractivity contribution in [3.8, 4) is 5.88 Å². The second kappa shape index (κ2) is 8.53. The monoisotopic (exact) mass is 398 g/mol. The molecule has 1 aliphatic heterocycles. The first-order valence-electron chi connectivity index (χ1n) is 9.22. The van der Waals surface area contributed by atoms with Gasteiger partial charge in [0.1, 0.15) is 12.4 Å². The molecule has 28 heavy (non-hydrogen) atoms. The number of anilines is 1. The summed E-state index contributed by atoms with van der Waals surface area (Å²) >= 11 is 1.52. The van der Waals surface area contributed by atoms with Gasteiger partial charge in [0.05, 0.1) is 11.3 Å². The predicted molar refractivity (Wildman–Crippen MR) is 109 cm³/mol. The molecule has 4 rings (SSSR count). The molecule has 0 spiro atoms. The summed E-state index contributed by atoms with van der Waals surface area (Å²) in [5.74, 6) is 1.46. The molecule has 146 valence electrons. The van der Waals surface area contributed by atoms with E-state index in [0.717, 1.165) is 18.9 Å². The van der Waals surface area contributed by atoms with E-state index in [1.165, 1.54) is 21.6 Å². The Morgan fingerprint density at radius 3 is 2.79 bits per heavy atom. The average molecular weight is 398 g/mol. The summed E-state index contributed by atoms with van der Waals surface area (Å²) in [5, 5.41) is 1.18. The SMILES string of the molecule is COCCOc1cc(C(=O)N2CCN(c3nsc4ccccc34)CC2)ccn1. The molecule has 0 saturated carbocycles. The van der Waals surface area contributed by atoms with Gasteiger partial charge in [0.25, 0.3) is 5.91 Å². The Balaban J connectivity index is 1.39. The topological polar surface area (TPSA) is 67.8 Å². The molecule has 1 saturated heterocycles. The van der Waals surface area contributed by atoms with Crippen LogP contribution in [0.4, 0.5) is 5.82 Å². The molecule has 0 bridgehead atoms. The van der Waals surface area contributed by atoms with E-state index in [4.69, 9.17) is 9.47 Å². The first kappa shape index (κ1) is 18.6. The van der Waals surface area contributed by atoms with Gasteiger partial charge < -0.3 is 19.3 Å². The fourth-order valence-corrected chi connectivity index (χ4v) is 4.05. The lowest BCUT2D eigenvalue weighted by Gasteiger charge is -2.35. The van der Waals surface area contributed by atoms with E-state index in [1.807, 2.05) is 17.0 Å². The first-order chi connectivity index (χ1) is 13.8. The van der Waals surface area contributed by atoms with E-state index in [1.54, 1.807) is 25.4 Å². The van der Waals surface area contributed by atoms with Gasteiger partial charge in [0.2, 0.25) is 5.88 Å². The normalized spacial score (nSPS) is 14.5. The van der Waals surface area contributed by atoms with Crippen LogP contribution in [0.15, 0.2) is 42.6 Å². The van der Waals surface area contributed by atoms with E-state index in [0.29, 0.717) is 37.7 Å². The van der Waals surface area contributed by atoms with E-state index in [2.05, 4.69) is 26.4 Å².